The summed E-state index contributed by atoms with van der Waals surface area (Å²) >= 11 is 0. The van der Waals surface area contributed by atoms with E-state index in [9.17, 15) is 0 Å². The molecule has 0 N–H and O–H groups in total. The molecule has 1 aromatic heterocycles. The molecule has 1 nitrogen and oxygen atoms in total. The van der Waals surface area contributed by atoms with Gasteiger partial charge in [-0.3, -0.25) is 4.98 Å². The van der Waals surface area contributed by atoms with E-state index in [1.807, 2.05) is 6.20 Å². The molecule has 3 aromatic rings. The summed E-state index contributed by atoms with van der Waals surface area (Å²) in [6.07, 6.45) is 8.35. The molecule has 1 heterocycles. The summed E-state index contributed by atoms with van der Waals surface area (Å²) in [4.78, 5) is 4.59. The molecule has 22 heavy (non-hydrogen) atoms. The highest BCUT2D eigenvalue weighted by molar-refractivity contribution is 5.94. The highest BCUT2D eigenvalue weighted by Crippen LogP contribution is 2.26. The molecule has 0 saturated carbocycles. The van der Waals surface area contributed by atoms with Crippen LogP contribution in [0.4, 0.5) is 0 Å². The lowest BCUT2D eigenvalue weighted by molar-refractivity contribution is 0.667. The smallest absolute Gasteiger partial charge is 0.0780 e. The Bertz CT molecular complexity index is 723. The lowest BCUT2D eigenvalue weighted by Crippen LogP contribution is -1.89. The highest BCUT2D eigenvalue weighted by Gasteiger charge is 2.04. The largest absolute Gasteiger partial charge is 0.256 e. The molecule has 0 amide bonds. The van der Waals surface area contributed by atoms with Gasteiger partial charge in [-0.05, 0) is 29.9 Å². The molecule has 112 valence electrons. The van der Waals surface area contributed by atoms with Crippen molar-refractivity contribution in [3.63, 3.8) is 0 Å². The Hall–Kier alpha value is -2.15. The first-order chi connectivity index (χ1) is 10.9. The fourth-order valence-corrected chi connectivity index (χ4v) is 2.93. The number of benzene rings is 2. The van der Waals surface area contributed by atoms with E-state index in [0.29, 0.717) is 0 Å². The van der Waals surface area contributed by atoms with E-state index >= 15 is 0 Å². The van der Waals surface area contributed by atoms with Gasteiger partial charge in [0.2, 0.25) is 0 Å². The van der Waals surface area contributed by atoms with Crippen molar-refractivity contribution in [3.05, 3.63) is 66.4 Å². The highest BCUT2D eigenvalue weighted by atomic mass is 14.7. The molecule has 0 unspecified atom stereocenters. The van der Waals surface area contributed by atoms with Gasteiger partial charge in [0, 0.05) is 17.1 Å². The summed E-state index contributed by atoms with van der Waals surface area (Å²) < 4.78 is 0. The van der Waals surface area contributed by atoms with Gasteiger partial charge in [-0.15, -0.1) is 0 Å². The summed E-state index contributed by atoms with van der Waals surface area (Å²) in [6.45, 7) is 2.26. The van der Waals surface area contributed by atoms with Gasteiger partial charge in [-0.1, -0.05) is 74.7 Å². The first kappa shape index (κ1) is 14.8. The third-order valence-electron chi connectivity index (χ3n) is 4.22. The standard InChI is InChI=1S/C21H23N/c1-2-3-4-5-8-17-11-13-19(14-12-17)21-20-10-7-6-9-18(20)15-16-22-21/h6-7,9-16H,2-5,8H2,1H3. The van der Waals surface area contributed by atoms with Gasteiger partial charge in [-0.25, -0.2) is 0 Å². The Kier molecular flexibility index (Phi) is 4.85. The Morgan fingerprint density at radius 2 is 1.64 bits per heavy atom. The number of aromatic nitrogens is 1. The molecule has 0 aliphatic heterocycles. The third kappa shape index (κ3) is 3.36. The lowest BCUT2D eigenvalue weighted by atomic mass is 10.0. The van der Waals surface area contributed by atoms with Crippen molar-refractivity contribution in [3.8, 4) is 11.3 Å². The number of hydrogen-bond donors (Lipinski definition) is 0. The minimum Gasteiger partial charge on any atom is -0.256 e. The summed E-state index contributed by atoms with van der Waals surface area (Å²) in [5.41, 5.74) is 3.71. The Labute approximate surface area is 133 Å². The minimum absolute atomic E-state index is 1.08. The van der Waals surface area contributed by atoms with Crippen molar-refractivity contribution >= 4 is 10.8 Å². The van der Waals surface area contributed by atoms with E-state index in [4.69, 9.17) is 0 Å². The zero-order chi connectivity index (χ0) is 15.2. The second-order valence-corrected chi connectivity index (χ2v) is 5.89. The predicted octanol–water partition coefficient (Wildman–Crippen LogP) is 6.02. The van der Waals surface area contributed by atoms with Crippen molar-refractivity contribution in [2.24, 2.45) is 0 Å². The van der Waals surface area contributed by atoms with Gasteiger partial charge in [0.15, 0.2) is 0 Å². The number of fused-ring (bicyclic) bond motifs is 1. The van der Waals surface area contributed by atoms with Crippen LogP contribution in [0.3, 0.4) is 0 Å². The molecule has 1 heteroatoms. The predicted molar refractivity (Wildman–Crippen MR) is 95.0 cm³/mol. The van der Waals surface area contributed by atoms with Crippen molar-refractivity contribution in [1.82, 2.24) is 4.98 Å². The fraction of sp³-hybridized carbons (Fsp3) is 0.286. The Balaban J connectivity index is 1.80. The van der Waals surface area contributed by atoms with E-state index in [1.54, 1.807) is 0 Å². The average Bonchev–Trinajstić information content (AvgIpc) is 2.59. The monoisotopic (exact) mass is 289 g/mol. The molecule has 0 fully saturated rings. The van der Waals surface area contributed by atoms with Crippen LogP contribution in [0.15, 0.2) is 60.8 Å². The number of hydrogen-bond acceptors (Lipinski definition) is 1. The molecular weight excluding hydrogens is 266 g/mol. The van der Waals surface area contributed by atoms with Gasteiger partial charge in [0.1, 0.15) is 0 Å². The Morgan fingerprint density at radius 3 is 2.45 bits per heavy atom. The number of aryl methyl sites for hydroxylation is 1. The normalized spacial score (nSPS) is 11.0. The summed E-state index contributed by atoms with van der Waals surface area (Å²) in [7, 11) is 0. The summed E-state index contributed by atoms with van der Waals surface area (Å²) in [5, 5.41) is 2.47. The van der Waals surface area contributed by atoms with Crippen LogP contribution in [0.5, 0.6) is 0 Å². The fourth-order valence-electron chi connectivity index (χ4n) is 2.93. The molecule has 0 spiro atoms. The maximum Gasteiger partial charge on any atom is 0.0780 e. The van der Waals surface area contributed by atoms with Crippen molar-refractivity contribution in [2.45, 2.75) is 39.0 Å². The van der Waals surface area contributed by atoms with Crippen molar-refractivity contribution in [1.29, 1.82) is 0 Å². The van der Waals surface area contributed by atoms with Crippen LogP contribution in [-0.2, 0) is 6.42 Å². The maximum absolute atomic E-state index is 4.59. The molecule has 3 rings (SSSR count). The van der Waals surface area contributed by atoms with Crippen LogP contribution in [0.25, 0.3) is 22.0 Å². The minimum atomic E-state index is 1.08. The van der Waals surface area contributed by atoms with Crippen LogP contribution < -0.4 is 0 Å². The first-order valence-corrected chi connectivity index (χ1v) is 8.31. The second kappa shape index (κ2) is 7.22. The molecule has 0 aliphatic carbocycles. The van der Waals surface area contributed by atoms with Gasteiger partial charge in [0.25, 0.3) is 0 Å². The second-order valence-electron chi connectivity index (χ2n) is 5.89. The molecule has 0 radical (unpaired) electrons. The van der Waals surface area contributed by atoms with Crippen LogP contribution in [0.2, 0.25) is 0 Å². The van der Waals surface area contributed by atoms with Gasteiger partial charge in [-0.2, -0.15) is 0 Å². The first-order valence-electron chi connectivity index (χ1n) is 8.31. The zero-order valence-corrected chi connectivity index (χ0v) is 13.3. The van der Waals surface area contributed by atoms with Gasteiger partial charge < -0.3 is 0 Å². The molecule has 0 aliphatic rings. The van der Waals surface area contributed by atoms with Crippen LogP contribution in [0.1, 0.15) is 38.2 Å². The van der Waals surface area contributed by atoms with E-state index in [-0.39, 0.29) is 0 Å². The summed E-state index contributed by atoms with van der Waals surface area (Å²) in [6, 6.07) is 19.4. The van der Waals surface area contributed by atoms with Gasteiger partial charge in [0.05, 0.1) is 5.69 Å². The zero-order valence-electron chi connectivity index (χ0n) is 13.3. The van der Waals surface area contributed by atoms with Crippen LogP contribution >= 0.6 is 0 Å². The third-order valence-corrected chi connectivity index (χ3v) is 4.22. The van der Waals surface area contributed by atoms with E-state index in [0.717, 1.165) is 5.69 Å². The lowest BCUT2D eigenvalue weighted by Gasteiger charge is -2.07. The molecule has 2 aromatic carbocycles. The maximum atomic E-state index is 4.59. The molecular formula is C21H23N. The molecule has 0 saturated heterocycles. The topological polar surface area (TPSA) is 12.9 Å². The number of nitrogens with zero attached hydrogens (tertiary/aromatic N) is 1. The van der Waals surface area contributed by atoms with Crippen LogP contribution in [-0.4, -0.2) is 4.98 Å². The Morgan fingerprint density at radius 1 is 0.818 bits per heavy atom. The van der Waals surface area contributed by atoms with E-state index < -0.39 is 0 Å². The SMILES string of the molecule is CCCCCCc1ccc(-c2nccc3ccccc23)cc1. The van der Waals surface area contributed by atoms with Crippen molar-refractivity contribution < 1.29 is 0 Å². The molecule has 0 atom stereocenters. The van der Waals surface area contributed by atoms with E-state index in [2.05, 4.69) is 66.5 Å². The number of pyridine rings is 1. The van der Waals surface area contributed by atoms with E-state index in [1.165, 1.54) is 54.0 Å². The number of unbranched alkanes of at least 4 members (excludes halogenated alkanes) is 3. The molecule has 0 bridgehead atoms. The van der Waals surface area contributed by atoms with Crippen LogP contribution in [0, 0.1) is 0 Å². The summed E-state index contributed by atoms with van der Waals surface area (Å²) in [5.74, 6) is 0. The van der Waals surface area contributed by atoms with Gasteiger partial charge >= 0.3 is 0 Å². The number of rotatable bonds is 6. The quantitative estimate of drug-likeness (QED) is 0.505. The average molecular weight is 289 g/mol. The van der Waals surface area contributed by atoms with Crippen molar-refractivity contribution in [2.75, 3.05) is 0 Å².